The molecule has 0 aliphatic rings. The molecule has 2 N–H and O–H groups in total. The van der Waals surface area contributed by atoms with Gasteiger partial charge in [0.2, 0.25) is 10.0 Å². The van der Waals surface area contributed by atoms with Crippen LogP contribution >= 0.6 is 11.6 Å². The van der Waals surface area contributed by atoms with Gasteiger partial charge in [0, 0.05) is 13.0 Å². The van der Waals surface area contributed by atoms with E-state index in [0.717, 1.165) is 18.2 Å². The fourth-order valence-electron chi connectivity index (χ4n) is 1.34. The number of halogens is 2. The van der Waals surface area contributed by atoms with Crippen molar-refractivity contribution >= 4 is 27.6 Å². The van der Waals surface area contributed by atoms with E-state index in [1.807, 2.05) is 0 Å². The van der Waals surface area contributed by atoms with Crippen LogP contribution < -0.4 is 4.72 Å². The standard InChI is InChI=1S/C11H13ClFNO4S/c12-9-7-8(4-5-10(9)13)19(17,18)14-6-2-1-3-11(15)16/h4-5,7,14H,1-3,6H2,(H,15,16). The van der Waals surface area contributed by atoms with E-state index in [9.17, 15) is 17.6 Å². The van der Waals surface area contributed by atoms with E-state index in [1.54, 1.807) is 0 Å². The molecule has 0 unspecified atom stereocenters. The number of rotatable bonds is 7. The lowest BCUT2D eigenvalue weighted by atomic mass is 10.2. The summed E-state index contributed by atoms with van der Waals surface area (Å²) in [5.41, 5.74) is 0. The van der Waals surface area contributed by atoms with Gasteiger partial charge < -0.3 is 5.11 Å². The van der Waals surface area contributed by atoms with Crippen molar-refractivity contribution in [1.82, 2.24) is 4.72 Å². The predicted octanol–water partition coefficient (Wildman–Crippen LogP) is 2.01. The molecule has 0 spiro atoms. The van der Waals surface area contributed by atoms with Crippen molar-refractivity contribution in [2.75, 3.05) is 6.54 Å². The zero-order valence-electron chi connectivity index (χ0n) is 9.90. The number of carboxylic acid groups (broad SMARTS) is 1. The van der Waals surface area contributed by atoms with Crippen LogP contribution in [-0.4, -0.2) is 26.0 Å². The summed E-state index contributed by atoms with van der Waals surface area (Å²) in [7, 11) is -3.75. The molecule has 0 atom stereocenters. The maximum Gasteiger partial charge on any atom is 0.303 e. The Morgan fingerprint density at radius 1 is 1.37 bits per heavy atom. The summed E-state index contributed by atoms with van der Waals surface area (Å²) in [6, 6.07) is 3.11. The van der Waals surface area contributed by atoms with E-state index in [4.69, 9.17) is 16.7 Å². The second kappa shape index (κ2) is 6.83. The molecule has 1 aromatic carbocycles. The van der Waals surface area contributed by atoms with Crippen molar-refractivity contribution in [3.8, 4) is 0 Å². The molecular formula is C11H13ClFNO4S. The number of carbonyl (C=O) groups is 1. The Bertz CT molecular complexity index is 562. The van der Waals surface area contributed by atoms with Crippen LogP contribution in [0.25, 0.3) is 0 Å². The third kappa shape index (κ3) is 5.14. The van der Waals surface area contributed by atoms with Crippen molar-refractivity contribution < 1.29 is 22.7 Å². The zero-order chi connectivity index (χ0) is 14.5. The maximum absolute atomic E-state index is 12.9. The van der Waals surface area contributed by atoms with Crippen LogP contribution in [0, 0.1) is 5.82 Å². The fourth-order valence-corrected chi connectivity index (χ4v) is 2.68. The molecule has 0 aromatic heterocycles. The summed E-state index contributed by atoms with van der Waals surface area (Å²) in [4.78, 5) is 10.1. The molecule has 1 rings (SSSR count). The van der Waals surface area contributed by atoms with E-state index in [0.29, 0.717) is 12.8 Å². The van der Waals surface area contributed by atoms with E-state index in [2.05, 4.69) is 4.72 Å². The van der Waals surface area contributed by atoms with E-state index >= 15 is 0 Å². The molecule has 0 aliphatic heterocycles. The van der Waals surface area contributed by atoms with Crippen LogP contribution in [0.15, 0.2) is 23.1 Å². The highest BCUT2D eigenvalue weighted by Gasteiger charge is 2.15. The van der Waals surface area contributed by atoms with Crippen LogP contribution in [0.3, 0.4) is 0 Å². The largest absolute Gasteiger partial charge is 0.481 e. The van der Waals surface area contributed by atoms with Gasteiger partial charge in [-0.15, -0.1) is 0 Å². The van der Waals surface area contributed by atoms with Gasteiger partial charge in [0.05, 0.1) is 9.92 Å². The van der Waals surface area contributed by atoms with Gasteiger partial charge in [0.25, 0.3) is 0 Å². The van der Waals surface area contributed by atoms with Crippen LogP contribution in [0.4, 0.5) is 4.39 Å². The average Bonchev–Trinajstić information content (AvgIpc) is 2.31. The van der Waals surface area contributed by atoms with Crippen molar-refractivity contribution in [1.29, 1.82) is 0 Å². The topological polar surface area (TPSA) is 83.5 Å². The highest BCUT2D eigenvalue weighted by molar-refractivity contribution is 7.89. The van der Waals surface area contributed by atoms with Crippen LogP contribution in [-0.2, 0) is 14.8 Å². The Balaban J connectivity index is 2.56. The highest BCUT2D eigenvalue weighted by Crippen LogP contribution is 2.19. The monoisotopic (exact) mass is 309 g/mol. The van der Waals surface area contributed by atoms with E-state index in [-0.39, 0.29) is 22.9 Å². The Hall–Kier alpha value is -1.18. The Kier molecular flexibility index (Phi) is 5.71. The van der Waals surface area contributed by atoms with Crippen LogP contribution in [0.2, 0.25) is 5.02 Å². The lowest BCUT2D eigenvalue weighted by Crippen LogP contribution is -2.25. The molecule has 0 heterocycles. The number of carboxylic acids is 1. The minimum absolute atomic E-state index is 0.00982. The maximum atomic E-state index is 12.9. The smallest absolute Gasteiger partial charge is 0.303 e. The quantitative estimate of drug-likeness (QED) is 0.755. The lowest BCUT2D eigenvalue weighted by molar-refractivity contribution is -0.137. The highest BCUT2D eigenvalue weighted by atomic mass is 35.5. The molecule has 0 amide bonds. The molecule has 0 bridgehead atoms. The molecule has 8 heteroatoms. The molecule has 19 heavy (non-hydrogen) atoms. The summed E-state index contributed by atoms with van der Waals surface area (Å²) in [6.07, 6.45) is 0.770. The van der Waals surface area contributed by atoms with Gasteiger partial charge in [-0.25, -0.2) is 17.5 Å². The summed E-state index contributed by atoms with van der Waals surface area (Å²) >= 11 is 5.51. The first-order valence-electron chi connectivity index (χ1n) is 5.49. The van der Waals surface area contributed by atoms with E-state index < -0.39 is 21.8 Å². The molecule has 0 saturated carbocycles. The van der Waals surface area contributed by atoms with Crippen LogP contribution in [0.1, 0.15) is 19.3 Å². The molecule has 0 radical (unpaired) electrons. The molecule has 1 aromatic rings. The third-order valence-electron chi connectivity index (χ3n) is 2.31. The van der Waals surface area contributed by atoms with Crippen LogP contribution in [0.5, 0.6) is 0 Å². The van der Waals surface area contributed by atoms with Crippen molar-refractivity contribution in [2.45, 2.75) is 24.2 Å². The third-order valence-corrected chi connectivity index (χ3v) is 4.06. The van der Waals surface area contributed by atoms with Gasteiger partial charge in [-0.05, 0) is 31.0 Å². The minimum Gasteiger partial charge on any atom is -0.481 e. The second-order valence-corrected chi connectivity index (χ2v) is 6.00. The fraction of sp³-hybridized carbons (Fsp3) is 0.364. The summed E-state index contributed by atoms with van der Waals surface area (Å²) < 4.78 is 38.8. The predicted molar refractivity (Wildman–Crippen MR) is 68.1 cm³/mol. The molecule has 0 fully saturated rings. The van der Waals surface area contributed by atoms with Gasteiger partial charge in [-0.1, -0.05) is 11.6 Å². The van der Waals surface area contributed by atoms with Gasteiger partial charge in [-0.3, -0.25) is 4.79 Å². The first kappa shape index (κ1) is 15.9. The van der Waals surface area contributed by atoms with E-state index in [1.165, 1.54) is 0 Å². The number of nitrogens with one attached hydrogen (secondary N) is 1. The summed E-state index contributed by atoms with van der Waals surface area (Å²) in [6.45, 7) is 0.116. The molecule has 5 nitrogen and oxygen atoms in total. The number of hydrogen-bond donors (Lipinski definition) is 2. The zero-order valence-corrected chi connectivity index (χ0v) is 11.5. The van der Waals surface area contributed by atoms with Crippen molar-refractivity contribution in [2.24, 2.45) is 0 Å². The Morgan fingerprint density at radius 2 is 2.05 bits per heavy atom. The average molecular weight is 310 g/mol. The molecule has 0 aliphatic carbocycles. The molecular weight excluding hydrogens is 297 g/mol. The van der Waals surface area contributed by atoms with Crippen molar-refractivity contribution in [3.05, 3.63) is 29.0 Å². The number of benzene rings is 1. The van der Waals surface area contributed by atoms with Gasteiger partial charge in [0.1, 0.15) is 5.82 Å². The second-order valence-electron chi connectivity index (χ2n) is 3.82. The number of sulfonamides is 1. The Morgan fingerprint density at radius 3 is 2.63 bits per heavy atom. The van der Waals surface area contributed by atoms with Gasteiger partial charge in [0.15, 0.2) is 0 Å². The first-order chi connectivity index (χ1) is 8.83. The number of hydrogen-bond acceptors (Lipinski definition) is 3. The van der Waals surface area contributed by atoms with Gasteiger partial charge in [-0.2, -0.15) is 0 Å². The lowest BCUT2D eigenvalue weighted by Gasteiger charge is -2.07. The van der Waals surface area contributed by atoms with Gasteiger partial charge >= 0.3 is 5.97 Å². The SMILES string of the molecule is O=C(O)CCCCNS(=O)(=O)c1ccc(F)c(Cl)c1. The number of aliphatic carboxylic acids is 1. The molecule has 106 valence electrons. The Labute approximate surface area is 115 Å². The summed E-state index contributed by atoms with van der Waals surface area (Å²) in [5, 5.41) is 8.15. The van der Waals surface area contributed by atoms with Crippen molar-refractivity contribution in [3.63, 3.8) is 0 Å². The minimum atomic E-state index is -3.75. The normalized spacial score (nSPS) is 11.5. The molecule has 0 saturated heterocycles. The first-order valence-corrected chi connectivity index (χ1v) is 7.35. The number of unbranched alkanes of at least 4 members (excludes halogenated alkanes) is 1. The summed E-state index contributed by atoms with van der Waals surface area (Å²) in [5.74, 6) is -1.62.